The molecular formula is C33H45ClN2O4Si. The molecule has 0 saturated carbocycles. The molecule has 3 aromatic rings. The molecule has 0 spiro atoms. The molecular weight excluding hydrogens is 552 g/mol. The first kappa shape index (κ1) is 32.5. The van der Waals surface area contributed by atoms with Crippen LogP contribution in [0.25, 0.3) is 0 Å². The van der Waals surface area contributed by atoms with Crippen LogP contribution in [0.1, 0.15) is 58.8 Å². The van der Waals surface area contributed by atoms with E-state index in [9.17, 15) is 9.90 Å². The van der Waals surface area contributed by atoms with Crippen molar-refractivity contribution in [2.75, 3.05) is 18.4 Å². The van der Waals surface area contributed by atoms with Gasteiger partial charge in [0.05, 0.1) is 12.6 Å². The minimum atomic E-state index is -1.88. The Balaban J connectivity index is 1.62. The smallest absolute Gasteiger partial charge is 0.410 e. The van der Waals surface area contributed by atoms with Gasteiger partial charge in [-0.2, -0.15) is 0 Å². The van der Waals surface area contributed by atoms with Crippen molar-refractivity contribution in [1.82, 2.24) is 4.90 Å². The number of hydrogen-bond acceptors (Lipinski definition) is 5. The molecule has 0 bridgehead atoms. The van der Waals surface area contributed by atoms with Crippen LogP contribution in [0, 0.1) is 0 Å². The highest BCUT2D eigenvalue weighted by atomic mass is 35.5. The van der Waals surface area contributed by atoms with Gasteiger partial charge in [-0.05, 0) is 105 Å². The van der Waals surface area contributed by atoms with Crippen LogP contribution in [0.4, 0.5) is 16.2 Å². The van der Waals surface area contributed by atoms with Crippen molar-refractivity contribution in [3.05, 3.63) is 88.9 Å². The Bertz CT molecular complexity index is 1280. The van der Waals surface area contributed by atoms with E-state index in [1.807, 2.05) is 69.3 Å². The maximum atomic E-state index is 13.0. The summed E-state index contributed by atoms with van der Waals surface area (Å²) in [6, 6.07) is 23.2. The number of nitrogens with zero attached hydrogens (tertiary/aromatic N) is 1. The Morgan fingerprint density at radius 2 is 1.54 bits per heavy atom. The molecule has 0 aliphatic carbocycles. The van der Waals surface area contributed by atoms with E-state index >= 15 is 0 Å². The Labute approximate surface area is 251 Å². The highest BCUT2D eigenvalue weighted by Gasteiger charge is 2.38. The van der Waals surface area contributed by atoms with E-state index in [1.54, 1.807) is 29.2 Å². The first-order chi connectivity index (χ1) is 19.0. The zero-order valence-electron chi connectivity index (χ0n) is 25.6. The van der Waals surface area contributed by atoms with E-state index in [2.05, 4.69) is 39.2 Å². The average Bonchev–Trinajstić information content (AvgIpc) is 2.86. The minimum Gasteiger partial charge on any atom is -0.544 e. The molecule has 1 atom stereocenters. The number of aliphatic hydroxyl groups is 1. The second kappa shape index (κ2) is 13.3. The maximum absolute atomic E-state index is 13.0. The fraction of sp³-hybridized carbons (Fsp3) is 0.424. The zero-order chi connectivity index (χ0) is 30.4. The predicted molar refractivity (Wildman–Crippen MR) is 172 cm³/mol. The minimum absolute atomic E-state index is 0.101. The van der Waals surface area contributed by atoms with Crippen LogP contribution in [0.15, 0.2) is 72.8 Å². The molecule has 1 amide bonds. The van der Waals surface area contributed by atoms with Crippen LogP contribution < -0.4 is 9.74 Å². The van der Waals surface area contributed by atoms with Gasteiger partial charge in [0.25, 0.3) is 0 Å². The molecule has 0 aliphatic heterocycles. The topological polar surface area (TPSA) is 71.0 Å². The molecule has 0 saturated heterocycles. The number of benzene rings is 3. The predicted octanol–water partition coefficient (Wildman–Crippen LogP) is 8.98. The number of carbonyl (C=O) groups is 1. The lowest BCUT2D eigenvalue weighted by atomic mass is 10.1. The molecule has 8 heteroatoms. The molecule has 0 aliphatic rings. The van der Waals surface area contributed by atoms with Crippen LogP contribution in [-0.2, 0) is 11.2 Å². The fourth-order valence-corrected chi connectivity index (χ4v) is 5.08. The lowest BCUT2D eigenvalue weighted by Crippen LogP contribution is -2.43. The second-order valence-corrected chi connectivity index (χ2v) is 18.1. The van der Waals surface area contributed by atoms with E-state index in [0.29, 0.717) is 23.6 Å². The molecule has 0 unspecified atom stereocenters. The third kappa shape index (κ3) is 10.1. The number of nitrogens with one attached hydrogen (secondary N) is 1. The van der Waals surface area contributed by atoms with E-state index < -0.39 is 26.1 Å². The SMILES string of the molecule is CC(C)(C)OC(=O)N(CCc1ccc(Nc2ccc(O[Si](C)(C)C(C)(C)C)cc2)cc1)C[C@H](O)c1cccc(Cl)c1. The summed E-state index contributed by atoms with van der Waals surface area (Å²) in [7, 11) is -1.88. The van der Waals surface area contributed by atoms with Crippen molar-refractivity contribution in [2.45, 2.75) is 77.8 Å². The normalized spacial score (nSPS) is 12.9. The number of hydrogen-bond donors (Lipinski definition) is 2. The summed E-state index contributed by atoms with van der Waals surface area (Å²) in [6.07, 6.45) is -0.731. The molecule has 0 fully saturated rings. The third-order valence-electron chi connectivity index (χ3n) is 7.22. The van der Waals surface area contributed by atoms with Crippen LogP contribution in [0.3, 0.4) is 0 Å². The van der Waals surface area contributed by atoms with Gasteiger partial charge in [-0.3, -0.25) is 0 Å². The Morgan fingerprint density at radius 3 is 2.07 bits per heavy atom. The van der Waals surface area contributed by atoms with Gasteiger partial charge in [-0.15, -0.1) is 0 Å². The molecule has 0 radical (unpaired) electrons. The monoisotopic (exact) mass is 596 g/mol. The number of halogens is 1. The molecule has 6 nitrogen and oxygen atoms in total. The summed E-state index contributed by atoms with van der Waals surface area (Å²) in [4.78, 5) is 14.5. The quantitative estimate of drug-likeness (QED) is 0.229. The highest BCUT2D eigenvalue weighted by molar-refractivity contribution is 6.74. The fourth-order valence-electron chi connectivity index (χ4n) is 3.85. The summed E-state index contributed by atoms with van der Waals surface area (Å²) in [6.45, 7) is 17.2. The molecule has 41 heavy (non-hydrogen) atoms. The Kier molecular flexibility index (Phi) is 10.6. The van der Waals surface area contributed by atoms with Gasteiger partial charge in [0.15, 0.2) is 0 Å². The second-order valence-electron chi connectivity index (χ2n) is 13.0. The van der Waals surface area contributed by atoms with Crippen LogP contribution in [0.5, 0.6) is 5.75 Å². The number of anilines is 2. The lowest BCUT2D eigenvalue weighted by Gasteiger charge is -2.36. The Morgan fingerprint density at radius 1 is 0.951 bits per heavy atom. The molecule has 222 valence electrons. The van der Waals surface area contributed by atoms with Gasteiger partial charge in [-0.25, -0.2) is 4.79 Å². The van der Waals surface area contributed by atoms with Gasteiger partial charge < -0.3 is 24.5 Å². The van der Waals surface area contributed by atoms with Crippen molar-refractivity contribution < 1.29 is 19.1 Å². The van der Waals surface area contributed by atoms with Crippen molar-refractivity contribution >= 4 is 37.4 Å². The van der Waals surface area contributed by atoms with Crippen molar-refractivity contribution in [3.63, 3.8) is 0 Å². The van der Waals surface area contributed by atoms with Gasteiger partial charge in [0.1, 0.15) is 11.4 Å². The number of amides is 1. The lowest BCUT2D eigenvalue weighted by molar-refractivity contribution is 0.0147. The first-order valence-corrected chi connectivity index (χ1v) is 17.4. The highest BCUT2D eigenvalue weighted by Crippen LogP contribution is 2.37. The standard InChI is InChI=1S/C33H45ClN2O4Si/c1-32(2,3)39-31(38)36(23-30(37)25-10-9-11-26(34)22-25)21-20-24-12-14-27(15-13-24)35-28-16-18-29(19-17-28)40-41(7,8)33(4,5)6/h9-19,22,30,35,37H,20-21,23H2,1-8H3/t30-/m0/s1. The van der Waals surface area contributed by atoms with Crippen molar-refractivity contribution in [2.24, 2.45) is 0 Å². The summed E-state index contributed by atoms with van der Waals surface area (Å²) >= 11 is 6.10. The van der Waals surface area contributed by atoms with Crippen LogP contribution >= 0.6 is 11.6 Å². The van der Waals surface area contributed by atoms with Gasteiger partial charge in [-0.1, -0.05) is 56.6 Å². The van der Waals surface area contributed by atoms with Gasteiger partial charge in [0, 0.05) is 22.9 Å². The molecule has 0 heterocycles. The first-order valence-electron chi connectivity index (χ1n) is 14.1. The summed E-state index contributed by atoms with van der Waals surface area (Å²) in [5, 5.41) is 14.9. The Hall–Kier alpha value is -3.00. The third-order valence-corrected chi connectivity index (χ3v) is 11.8. The summed E-state index contributed by atoms with van der Waals surface area (Å²) in [5.41, 5.74) is 3.03. The molecule has 0 aromatic heterocycles. The number of ether oxygens (including phenoxy) is 1. The van der Waals surface area contributed by atoms with Crippen LogP contribution in [-0.4, -0.2) is 43.1 Å². The largest absolute Gasteiger partial charge is 0.544 e. The zero-order valence-corrected chi connectivity index (χ0v) is 27.4. The number of carbonyl (C=O) groups excluding carboxylic acids is 1. The molecule has 3 aromatic carbocycles. The van der Waals surface area contributed by atoms with E-state index in [1.165, 1.54) is 0 Å². The van der Waals surface area contributed by atoms with Crippen molar-refractivity contribution in [1.29, 1.82) is 0 Å². The van der Waals surface area contributed by atoms with E-state index in [-0.39, 0.29) is 11.6 Å². The van der Waals surface area contributed by atoms with E-state index in [4.69, 9.17) is 20.8 Å². The summed E-state index contributed by atoms with van der Waals surface area (Å²) < 4.78 is 12.0. The molecule has 3 rings (SSSR count). The van der Waals surface area contributed by atoms with Crippen LogP contribution in [0.2, 0.25) is 23.2 Å². The van der Waals surface area contributed by atoms with Gasteiger partial charge >= 0.3 is 6.09 Å². The number of rotatable bonds is 10. The van der Waals surface area contributed by atoms with Crippen molar-refractivity contribution in [3.8, 4) is 5.75 Å². The average molecular weight is 597 g/mol. The van der Waals surface area contributed by atoms with E-state index in [0.717, 1.165) is 22.7 Å². The summed E-state index contributed by atoms with van der Waals surface area (Å²) in [5.74, 6) is 0.896. The molecule has 2 N–H and O–H groups in total. The van der Waals surface area contributed by atoms with Gasteiger partial charge in [0.2, 0.25) is 8.32 Å². The maximum Gasteiger partial charge on any atom is 0.410 e. The number of aliphatic hydroxyl groups excluding tert-OH is 1.